The minimum atomic E-state index is -0.597. The van der Waals surface area contributed by atoms with Crippen molar-refractivity contribution in [2.24, 2.45) is 0 Å². The minimum absolute atomic E-state index is 0.0254. The van der Waals surface area contributed by atoms with Crippen molar-refractivity contribution in [3.63, 3.8) is 0 Å². The molecule has 0 fully saturated rings. The van der Waals surface area contributed by atoms with Crippen LogP contribution in [0.3, 0.4) is 0 Å². The summed E-state index contributed by atoms with van der Waals surface area (Å²) >= 11 is 2.49. The van der Waals surface area contributed by atoms with Crippen LogP contribution in [0.15, 0.2) is 52.9 Å². The predicted octanol–water partition coefficient (Wildman–Crippen LogP) is 3.05. The summed E-state index contributed by atoms with van der Waals surface area (Å²) in [7, 11) is 1.60. The maximum atomic E-state index is 12.1. The third kappa shape index (κ3) is 6.49. The van der Waals surface area contributed by atoms with Crippen LogP contribution in [-0.4, -0.2) is 54.3 Å². The van der Waals surface area contributed by atoms with Crippen LogP contribution in [-0.2, 0) is 4.79 Å². The Kier molecular flexibility index (Phi) is 7.47. The van der Waals surface area contributed by atoms with E-state index in [4.69, 9.17) is 14.2 Å². The Morgan fingerprint density at radius 2 is 2.03 bits per heavy atom. The van der Waals surface area contributed by atoms with E-state index in [2.05, 4.69) is 26.1 Å². The Bertz CT molecular complexity index is 1130. The van der Waals surface area contributed by atoms with Crippen molar-refractivity contribution < 1.29 is 23.8 Å². The summed E-state index contributed by atoms with van der Waals surface area (Å²) in [4.78, 5) is 24.1. The predicted molar refractivity (Wildman–Crippen MR) is 125 cm³/mol. The van der Waals surface area contributed by atoms with Crippen LogP contribution in [0, 0.1) is 0 Å². The molecule has 1 aromatic heterocycles. The van der Waals surface area contributed by atoms with Crippen molar-refractivity contribution in [3.8, 4) is 17.2 Å². The average Bonchev–Trinajstić information content (AvgIpc) is 3.28. The molecule has 10 nitrogen and oxygen atoms in total. The Balaban J connectivity index is 1.17. The number of hydrogen-bond donors (Lipinski definition) is 3. The molecule has 1 aliphatic heterocycles. The second-order valence-corrected chi connectivity index (χ2v) is 8.97. The fraction of sp³-hybridized carbons (Fsp3) is 0.238. The number of fused-ring (bicyclic) bond motifs is 1. The normalized spacial score (nSPS) is 14.3. The number of nitrogens with one attached hydrogen (secondary N) is 3. The van der Waals surface area contributed by atoms with Gasteiger partial charge in [-0.25, -0.2) is 4.79 Å². The number of nitrogens with zero attached hydrogens (tertiary/aromatic N) is 2. The van der Waals surface area contributed by atoms with Crippen molar-refractivity contribution in [1.82, 2.24) is 20.8 Å². The average molecular weight is 488 g/mol. The van der Waals surface area contributed by atoms with Gasteiger partial charge in [0.05, 0.1) is 19.4 Å². The Morgan fingerprint density at radius 3 is 2.88 bits per heavy atom. The van der Waals surface area contributed by atoms with Gasteiger partial charge in [0.15, 0.2) is 21.9 Å². The van der Waals surface area contributed by atoms with E-state index < -0.39 is 11.9 Å². The number of urea groups is 1. The largest absolute Gasteiger partial charge is 0.497 e. The van der Waals surface area contributed by atoms with E-state index in [-0.39, 0.29) is 18.4 Å². The minimum Gasteiger partial charge on any atom is -0.497 e. The SMILES string of the molecule is COc1cccc(Nc2nnc(SCC(=O)NC(=O)NCC3COc4ccccc4O3)s2)c1. The van der Waals surface area contributed by atoms with Gasteiger partial charge in [0.1, 0.15) is 12.4 Å². The number of carbonyl (C=O) groups excluding carboxylic acids is 2. The number of aromatic nitrogens is 2. The molecule has 3 aromatic rings. The van der Waals surface area contributed by atoms with Gasteiger partial charge in [-0.05, 0) is 24.3 Å². The number of amides is 3. The highest BCUT2D eigenvalue weighted by atomic mass is 32.2. The molecule has 0 bridgehead atoms. The third-order valence-electron chi connectivity index (χ3n) is 4.36. The monoisotopic (exact) mass is 487 g/mol. The van der Waals surface area contributed by atoms with Crippen molar-refractivity contribution in [1.29, 1.82) is 0 Å². The molecule has 1 aliphatic rings. The molecule has 0 saturated carbocycles. The van der Waals surface area contributed by atoms with E-state index >= 15 is 0 Å². The number of ether oxygens (including phenoxy) is 3. The van der Waals surface area contributed by atoms with E-state index in [1.165, 1.54) is 23.1 Å². The number of para-hydroxylation sites is 2. The molecule has 4 rings (SSSR count). The lowest BCUT2D eigenvalue weighted by Gasteiger charge is -2.26. The molecule has 12 heteroatoms. The van der Waals surface area contributed by atoms with Crippen LogP contribution in [0.5, 0.6) is 17.2 Å². The van der Waals surface area contributed by atoms with E-state index in [1.807, 2.05) is 42.5 Å². The van der Waals surface area contributed by atoms with Crippen molar-refractivity contribution in [2.75, 3.05) is 31.3 Å². The molecule has 2 heterocycles. The molecule has 1 unspecified atom stereocenters. The number of thioether (sulfide) groups is 1. The highest BCUT2D eigenvalue weighted by Crippen LogP contribution is 2.31. The zero-order valence-electron chi connectivity index (χ0n) is 17.6. The Labute approximate surface area is 198 Å². The molecule has 0 saturated heterocycles. The summed E-state index contributed by atoms with van der Waals surface area (Å²) in [5.74, 6) is 1.60. The van der Waals surface area contributed by atoms with Crippen LogP contribution >= 0.6 is 23.1 Å². The molecule has 3 N–H and O–H groups in total. The molecule has 0 spiro atoms. The molecule has 172 valence electrons. The lowest BCUT2D eigenvalue weighted by Crippen LogP contribution is -2.46. The molecule has 1 atom stereocenters. The smallest absolute Gasteiger partial charge is 0.321 e. The first-order valence-corrected chi connectivity index (χ1v) is 11.7. The molecule has 3 amide bonds. The van der Waals surface area contributed by atoms with Gasteiger partial charge in [0.25, 0.3) is 0 Å². The summed E-state index contributed by atoms with van der Waals surface area (Å²) in [6.45, 7) is 0.514. The Hall–Kier alpha value is -3.51. The quantitative estimate of drug-likeness (QED) is 0.411. The molecule has 2 aromatic carbocycles. The van der Waals surface area contributed by atoms with Crippen LogP contribution in [0.25, 0.3) is 0 Å². The zero-order chi connectivity index (χ0) is 23.0. The van der Waals surface area contributed by atoms with E-state index in [0.29, 0.717) is 27.6 Å². The van der Waals surface area contributed by atoms with Crippen molar-refractivity contribution in [3.05, 3.63) is 48.5 Å². The van der Waals surface area contributed by atoms with Gasteiger partial charge in [-0.2, -0.15) is 0 Å². The molecule has 0 radical (unpaired) electrons. The summed E-state index contributed by atoms with van der Waals surface area (Å²) in [6.07, 6.45) is -0.341. The van der Waals surface area contributed by atoms with Crippen LogP contribution in [0.1, 0.15) is 0 Å². The standard InChI is InChI=1S/C21H21N5O5S2/c1-29-14-6-4-5-13(9-14)23-20-25-26-21(33-20)32-12-18(27)24-19(28)22-10-15-11-30-16-7-2-3-8-17(16)31-15/h2-9,15H,10-12H2,1H3,(H,23,25)(H2,22,24,27,28). The number of benzene rings is 2. The summed E-state index contributed by atoms with van der Waals surface area (Å²) in [6, 6.07) is 14.1. The zero-order valence-corrected chi connectivity index (χ0v) is 19.2. The fourth-order valence-corrected chi connectivity index (χ4v) is 4.42. The number of hydrogen-bond acceptors (Lipinski definition) is 10. The molecule has 0 aliphatic carbocycles. The van der Waals surface area contributed by atoms with Gasteiger partial charge in [0, 0.05) is 11.8 Å². The number of anilines is 2. The van der Waals surface area contributed by atoms with E-state index in [1.54, 1.807) is 13.2 Å². The number of rotatable bonds is 8. The van der Waals surface area contributed by atoms with Crippen molar-refractivity contribution in [2.45, 2.75) is 10.4 Å². The molecule has 33 heavy (non-hydrogen) atoms. The first-order chi connectivity index (χ1) is 16.1. The fourth-order valence-electron chi connectivity index (χ4n) is 2.85. The second-order valence-electron chi connectivity index (χ2n) is 6.77. The summed E-state index contributed by atoms with van der Waals surface area (Å²) in [5.41, 5.74) is 0.812. The topological polar surface area (TPSA) is 124 Å². The maximum Gasteiger partial charge on any atom is 0.321 e. The van der Waals surface area contributed by atoms with Gasteiger partial charge in [-0.15, -0.1) is 10.2 Å². The van der Waals surface area contributed by atoms with Crippen LogP contribution in [0.2, 0.25) is 0 Å². The highest BCUT2D eigenvalue weighted by molar-refractivity contribution is 8.01. The van der Waals surface area contributed by atoms with Gasteiger partial charge < -0.3 is 24.8 Å². The number of imide groups is 1. The van der Waals surface area contributed by atoms with Gasteiger partial charge in [0.2, 0.25) is 11.0 Å². The number of methoxy groups -OCH3 is 1. The van der Waals surface area contributed by atoms with Gasteiger partial charge in [-0.3, -0.25) is 10.1 Å². The first kappa shape index (κ1) is 22.7. The van der Waals surface area contributed by atoms with E-state index in [0.717, 1.165) is 11.4 Å². The summed E-state index contributed by atoms with van der Waals surface area (Å²) < 4.78 is 17.2. The van der Waals surface area contributed by atoms with Crippen LogP contribution < -0.4 is 30.2 Å². The molecular weight excluding hydrogens is 466 g/mol. The second kappa shape index (κ2) is 10.9. The first-order valence-electron chi connectivity index (χ1n) is 9.92. The van der Waals surface area contributed by atoms with Crippen LogP contribution in [0.4, 0.5) is 15.6 Å². The lowest BCUT2D eigenvalue weighted by atomic mass is 10.2. The highest BCUT2D eigenvalue weighted by Gasteiger charge is 2.21. The molecular formula is C21H21N5O5S2. The lowest BCUT2D eigenvalue weighted by molar-refractivity contribution is -0.117. The Morgan fingerprint density at radius 1 is 1.18 bits per heavy atom. The van der Waals surface area contributed by atoms with Crippen molar-refractivity contribution >= 4 is 45.9 Å². The van der Waals surface area contributed by atoms with Gasteiger partial charge >= 0.3 is 6.03 Å². The number of carbonyl (C=O) groups is 2. The summed E-state index contributed by atoms with van der Waals surface area (Å²) in [5, 5.41) is 16.7. The van der Waals surface area contributed by atoms with E-state index in [9.17, 15) is 9.59 Å². The van der Waals surface area contributed by atoms with Gasteiger partial charge in [-0.1, -0.05) is 41.3 Å². The maximum absolute atomic E-state index is 12.1. The third-order valence-corrected chi connectivity index (χ3v) is 6.34.